The molecule has 1 atom stereocenters. The molecule has 480 valence electrons. The van der Waals surface area contributed by atoms with Crippen LogP contribution < -0.4 is 0 Å². The first-order valence-electron chi connectivity index (χ1n) is 25.4. The second kappa shape index (κ2) is 26.2. The summed E-state index contributed by atoms with van der Waals surface area (Å²) in [6.45, 7) is 0. The van der Waals surface area contributed by atoms with E-state index in [-0.39, 0.29) is 0 Å². The molecule has 8 rings (SSSR count). The van der Waals surface area contributed by atoms with Crippen LogP contribution in [0.3, 0.4) is 0 Å². The van der Waals surface area contributed by atoms with Gasteiger partial charge >= 0.3 is 107 Å². The average molecular weight is 1310 g/mol. The topological polar surface area (TPSA) is 609 Å². The van der Waals surface area contributed by atoms with Crippen LogP contribution in [0.2, 0.25) is 0 Å². The Balaban J connectivity index is 0.000000416. The summed E-state index contributed by atoms with van der Waals surface area (Å²) in [5.74, 6) is -52.5. The third-order valence-electron chi connectivity index (χ3n) is 13.8. The van der Waals surface area contributed by atoms with Crippen LogP contribution in [-0.4, -0.2) is 179 Å². The Bertz CT molecular complexity index is 4490. The molecule has 1 aliphatic carbocycles. The van der Waals surface area contributed by atoms with Gasteiger partial charge in [-0.2, -0.15) is 0 Å². The van der Waals surface area contributed by atoms with Gasteiger partial charge in [-0.1, -0.05) is 103 Å². The number of hydrogen-bond donors (Lipinski definition) is 14. The zero-order valence-electron chi connectivity index (χ0n) is 46.3. The Labute approximate surface area is 521 Å². The van der Waals surface area contributed by atoms with Crippen molar-refractivity contribution < 1.29 is 167 Å². The lowest BCUT2D eigenvalue weighted by Gasteiger charge is -2.22. The SMILES string of the molecule is C1=CC(c2ccc(-c3ccccc3)cc2)c2cccc3cccc1c23.O=C(O)c1c(C(=O)O)c(C(=O)O)c(C(=O)OC(=O)c2c(C(=O)O)c(C(=O)O)c(C(=O)O)c(C(=O)O)c2C(=O)OC(=O)c2c(C(=O)O)c(C(=O)O)c(C(=O)O)c(C(=O)O)c2C(=O)O)c(C(=O)O)c1C(=O)O. The fourth-order valence-electron chi connectivity index (χ4n) is 10.3. The maximum atomic E-state index is 14.0. The van der Waals surface area contributed by atoms with Crippen LogP contribution in [-0.2, 0) is 9.47 Å². The van der Waals surface area contributed by atoms with Crippen LogP contribution in [0.1, 0.15) is 209 Å². The average Bonchev–Trinajstić information content (AvgIpc) is 0.747. The van der Waals surface area contributed by atoms with Crippen molar-refractivity contribution in [2.24, 2.45) is 0 Å². The van der Waals surface area contributed by atoms with E-state index in [1.54, 1.807) is 0 Å². The normalized spacial score (nSPS) is 11.7. The van der Waals surface area contributed by atoms with Gasteiger partial charge < -0.3 is 81.0 Å². The Morgan fingerprint density at radius 2 is 0.495 bits per heavy atom. The van der Waals surface area contributed by atoms with E-state index < -0.39 is 208 Å². The maximum Gasteiger partial charge on any atom is 0.347 e. The Morgan fingerprint density at radius 3 is 0.768 bits per heavy atom. The molecule has 0 bridgehead atoms. The van der Waals surface area contributed by atoms with Crippen LogP contribution in [0.25, 0.3) is 28.0 Å². The van der Waals surface area contributed by atoms with E-state index in [0.29, 0.717) is 5.92 Å². The van der Waals surface area contributed by atoms with Crippen molar-refractivity contribution in [3.63, 3.8) is 0 Å². The molecule has 1 aliphatic rings. The van der Waals surface area contributed by atoms with E-state index in [4.69, 9.17) is 0 Å². The largest absolute Gasteiger partial charge is 0.478 e. The lowest BCUT2D eigenvalue weighted by molar-refractivity contribution is 0.0345. The monoisotopic (exact) mass is 1310 g/mol. The molecule has 95 heavy (non-hydrogen) atoms. The first-order chi connectivity index (χ1) is 44.5. The summed E-state index contributed by atoms with van der Waals surface area (Å²) in [5.41, 5.74) is -37.1. The van der Waals surface area contributed by atoms with Gasteiger partial charge in [0.05, 0.1) is 100 Å². The van der Waals surface area contributed by atoms with Crippen molar-refractivity contribution in [1.29, 1.82) is 0 Å². The van der Waals surface area contributed by atoms with Gasteiger partial charge in [0.15, 0.2) is 0 Å². The minimum Gasteiger partial charge on any atom is -0.478 e. The van der Waals surface area contributed by atoms with Gasteiger partial charge in [-0.25, -0.2) is 86.3 Å². The lowest BCUT2D eigenvalue weighted by atomic mass is 9.82. The molecule has 34 heteroatoms. The number of ether oxygens (including phenoxy) is 2. The van der Waals surface area contributed by atoms with E-state index in [1.807, 2.05) is 0 Å². The van der Waals surface area contributed by atoms with Crippen molar-refractivity contribution in [2.75, 3.05) is 0 Å². The number of carbonyl (C=O) groups excluding carboxylic acids is 4. The molecule has 0 fully saturated rings. The Morgan fingerprint density at radius 1 is 0.253 bits per heavy atom. The minimum atomic E-state index is -3.21. The summed E-state index contributed by atoms with van der Waals surface area (Å²) in [4.78, 5) is 228. The second-order valence-corrected chi connectivity index (χ2v) is 19.0. The second-order valence-electron chi connectivity index (χ2n) is 19.0. The molecule has 7 aromatic carbocycles. The zero-order chi connectivity index (χ0) is 70.8. The van der Waals surface area contributed by atoms with Crippen molar-refractivity contribution in [2.45, 2.75) is 5.92 Å². The molecule has 7 aromatic rings. The van der Waals surface area contributed by atoms with Gasteiger partial charge in [-0.3, -0.25) is 0 Å². The standard InChI is InChI=1S/C36H14O34.C25H18/c37-19(38)1-3(21(41)42)9(27(53)54)15(10(28(55)56)4(1)22(43)44)33(65)69-35(67)17-13(31(61)62)7(25(49)50)8(26(51)52)14(32(63)64)18(17)36(68)70-34(66)16-11(29(57)58)5(23(45)46)2(20(39)40)6(24(47)48)12(16)30(59)60;1-2-6-18(7-3-1)19-12-14-20(15-13-19)23-17-16-22-9-4-8-21-10-5-11-24(23)25(21)22/h(H,37,38)(H,39,40)(H,41,42)(H,43,44)(H,45,46)(H,47,48)(H,49,50)(H,51,52)(H,53,54)(H,55,56)(H,57,58)(H,59,60)(H,61,62)(H,63,64);1-17,23H. The van der Waals surface area contributed by atoms with Gasteiger partial charge in [0, 0.05) is 5.92 Å². The fraction of sp³-hybridized carbons (Fsp3) is 0.0164. The van der Waals surface area contributed by atoms with Gasteiger partial charge in [-0.15, -0.1) is 0 Å². The Hall–Kier alpha value is -14.6. The molecule has 1 unspecified atom stereocenters. The van der Waals surface area contributed by atoms with E-state index in [2.05, 4.69) is 113 Å². The first kappa shape index (κ1) is 67.9. The fourth-order valence-corrected chi connectivity index (χ4v) is 10.3. The summed E-state index contributed by atoms with van der Waals surface area (Å²) < 4.78 is 8.33. The van der Waals surface area contributed by atoms with Crippen molar-refractivity contribution in [3.05, 3.63) is 214 Å². The molecular formula is C61H32O34. The summed E-state index contributed by atoms with van der Waals surface area (Å²) in [7, 11) is 0. The van der Waals surface area contributed by atoms with E-state index in [9.17, 15) is 158 Å². The number of carboxylic acids is 14. The number of carboxylic acid groups (broad SMARTS) is 14. The third kappa shape index (κ3) is 12.3. The summed E-state index contributed by atoms with van der Waals surface area (Å²) >= 11 is 0. The summed E-state index contributed by atoms with van der Waals surface area (Å²) in [6, 6.07) is 32.8. The molecule has 0 heterocycles. The van der Waals surface area contributed by atoms with Gasteiger partial charge in [0.25, 0.3) is 0 Å². The number of hydrogen-bond acceptors (Lipinski definition) is 20. The molecule has 14 N–H and O–H groups in total. The number of esters is 4. The molecule has 0 amide bonds. The molecule has 34 nitrogen and oxygen atoms in total. The maximum absolute atomic E-state index is 14.0. The Kier molecular flexibility index (Phi) is 18.7. The van der Waals surface area contributed by atoms with Crippen LogP contribution in [0.15, 0.2) is 97.1 Å². The zero-order valence-corrected chi connectivity index (χ0v) is 46.3. The van der Waals surface area contributed by atoms with E-state index in [0.717, 1.165) is 0 Å². The number of benzene rings is 7. The highest BCUT2D eigenvalue weighted by Gasteiger charge is 2.47. The van der Waals surface area contributed by atoms with Crippen molar-refractivity contribution >= 4 is 124 Å². The predicted molar refractivity (Wildman–Crippen MR) is 303 cm³/mol. The lowest BCUT2D eigenvalue weighted by Crippen LogP contribution is -2.32. The van der Waals surface area contributed by atoms with Crippen LogP contribution in [0.5, 0.6) is 0 Å². The van der Waals surface area contributed by atoms with Crippen LogP contribution in [0.4, 0.5) is 0 Å². The van der Waals surface area contributed by atoms with Crippen molar-refractivity contribution in [1.82, 2.24) is 0 Å². The van der Waals surface area contributed by atoms with Gasteiger partial charge in [-0.05, 0) is 38.6 Å². The third-order valence-corrected chi connectivity index (χ3v) is 13.8. The number of allylic oxidation sites excluding steroid dienone is 1. The highest BCUT2D eigenvalue weighted by atomic mass is 16.6. The molecule has 0 saturated heterocycles. The molecule has 0 radical (unpaired) electrons. The number of carbonyl (C=O) groups is 18. The summed E-state index contributed by atoms with van der Waals surface area (Å²) in [6.07, 6.45) is 4.60. The molecule has 0 aromatic heterocycles. The molecular weight excluding hydrogens is 1280 g/mol. The minimum absolute atomic E-state index is 0.323. The van der Waals surface area contributed by atoms with Gasteiger partial charge in [0.1, 0.15) is 0 Å². The van der Waals surface area contributed by atoms with Crippen molar-refractivity contribution in [3.8, 4) is 11.1 Å². The first-order valence-corrected chi connectivity index (χ1v) is 25.4. The highest BCUT2D eigenvalue weighted by Crippen LogP contribution is 2.40. The van der Waals surface area contributed by atoms with Crippen LogP contribution >= 0.6 is 0 Å². The quantitative estimate of drug-likeness (QED) is 0.0302. The van der Waals surface area contributed by atoms with E-state index >= 15 is 0 Å². The predicted octanol–water partition coefficient (Wildman–Crippen LogP) is 6.12. The van der Waals surface area contributed by atoms with Gasteiger partial charge in [0.2, 0.25) is 0 Å². The highest BCUT2D eigenvalue weighted by molar-refractivity contribution is 6.29. The smallest absolute Gasteiger partial charge is 0.347 e. The molecule has 0 saturated carbocycles. The summed E-state index contributed by atoms with van der Waals surface area (Å²) in [5, 5.41) is 140. The number of aromatic carboxylic acids is 14. The molecule has 0 spiro atoms. The number of rotatable bonds is 20. The molecule has 0 aliphatic heterocycles. The van der Waals surface area contributed by atoms with E-state index in [1.165, 1.54) is 38.6 Å². The van der Waals surface area contributed by atoms with Crippen LogP contribution in [0, 0.1) is 0 Å².